The summed E-state index contributed by atoms with van der Waals surface area (Å²) in [7, 11) is 1.62. The molecule has 0 radical (unpaired) electrons. The second-order valence-electron chi connectivity index (χ2n) is 7.76. The van der Waals surface area contributed by atoms with Crippen LogP contribution in [0.1, 0.15) is 37.3 Å². The van der Waals surface area contributed by atoms with Gasteiger partial charge in [0.25, 0.3) is 0 Å². The molecule has 6 heteroatoms. The molecule has 31 heavy (non-hydrogen) atoms. The number of ether oxygens (including phenoxy) is 1. The lowest BCUT2D eigenvalue weighted by Crippen LogP contribution is -2.50. The average molecular weight is 504 g/mol. The van der Waals surface area contributed by atoms with E-state index in [1.165, 1.54) is 0 Å². The molecule has 3 unspecified atom stereocenters. The quantitative estimate of drug-likeness (QED) is 0.413. The summed E-state index contributed by atoms with van der Waals surface area (Å²) >= 11 is 9.70. The zero-order chi connectivity index (χ0) is 21.3. The lowest BCUT2D eigenvalue weighted by atomic mass is 9.71. The normalized spacial score (nSPS) is 21.9. The van der Waals surface area contributed by atoms with Crippen molar-refractivity contribution in [1.82, 2.24) is 10.3 Å². The van der Waals surface area contributed by atoms with Crippen LogP contribution >= 0.6 is 27.5 Å². The Morgan fingerprint density at radius 2 is 2.03 bits per heavy atom. The predicted octanol–water partition coefficient (Wildman–Crippen LogP) is 6.10. The number of nitrogens with zero attached hydrogens (tertiary/aromatic N) is 1. The van der Waals surface area contributed by atoms with E-state index in [0.29, 0.717) is 30.3 Å². The number of aromatic nitrogens is 1. The molecular weight excluding hydrogens is 476 g/mol. The average Bonchev–Trinajstić information content (AvgIpc) is 2.74. The number of hydrogen-bond acceptors (Lipinski definition) is 4. The fraction of sp³-hybridized carbons (Fsp3) is 0.320. The molecule has 4 nitrogen and oxygen atoms in total. The summed E-state index contributed by atoms with van der Waals surface area (Å²) in [5.41, 5.74) is 1.68. The lowest BCUT2D eigenvalue weighted by Gasteiger charge is -2.43. The Morgan fingerprint density at radius 1 is 1.29 bits per heavy atom. The maximum Gasteiger partial charge on any atom is 0.217 e. The fourth-order valence-electron chi connectivity index (χ4n) is 4.41. The number of piperidine rings is 1. The van der Waals surface area contributed by atoms with Crippen LogP contribution in [0.15, 0.2) is 65.7 Å². The van der Waals surface area contributed by atoms with Gasteiger partial charge in [0.15, 0.2) is 0 Å². The van der Waals surface area contributed by atoms with Gasteiger partial charge in [-0.3, -0.25) is 0 Å². The summed E-state index contributed by atoms with van der Waals surface area (Å²) in [6, 6.07) is 15.7. The minimum absolute atomic E-state index is 0. The highest BCUT2D eigenvalue weighted by atomic mass is 79.9. The van der Waals surface area contributed by atoms with Crippen molar-refractivity contribution in [3.05, 3.63) is 81.8 Å². The van der Waals surface area contributed by atoms with Crippen LogP contribution in [0.3, 0.4) is 0 Å². The Bertz CT molecular complexity index is 1070. The van der Waals surface area contributed by atoms with E-state index in [9.17, 15) is 5.11 Å². The smallest absolute Gasteiger partial charge is 0.217 e. The number of fused-ring (bicyclic) bond motifs is 1. The number of nitrogens with one attached hydrogen (secondary N) is 1. The van der Waals surface area contributed by atoms with Gasteiger partial charge in [0, 0.05) is 32.4 Å². The third kappa shape index (κ3) is 4.80. The molecular formula is C25H28BrClN2O2. The van der Waals surface area contributed by atoms with Crippen molar-refractivity contribution in [2.24, 2.45) is 0 Å². The number of rotatable bonds is 5. The molecule has 4 rings (SSSR count). The van der Waals surface area contributed by atoms with Crippen LogP contribution in [0.4, 0.5) is 0 Å². The molecule has 2 aromatic carbocycles. The van der Waals surface area contributed by atoms with Gasteiger partial charge in [-0.05, 0) is 61.3 Å². The van der Waals surface area contributed by atoms with E-state index in [0.717, 1.165) is 26.5 Å². The second kappa shape index (κ2) is 9.70. The molecule has 0 saturated carbocycles. The van der Waals surface area contributed by atoms with Crippen molar-refractivity contribution >= 4 is 38.4 Å². The lowest BCUT2D eigenvalue weighted by molar-refractivity contribution is -0.0136. The minimum Gasteiger partial charge on any atom is -0.481 e. The highest BCUT2D eigenvalue weighted by Gasteiger charge is 2.43. The first-order chi connectivity index (χ1) is 14.4. The van der Waals surface area contributed by atoms with Crippen LogP contribution in [0.2, 0.25) is 5.02 Å². The second-order valence-corrected chi connectivity index (χ2v) is 9.11. The van der Waals surface area contributed by atoms with E-state index in [4.69, 9.17) is 21.3 Å². The number of pyridine rings is 1. The van der Waals surface area contributed by atoms with Crippen molar-refractivity contribution in [2.45, 2.75) is 37.8 Å². The van der Waals surface area contributed by atoms with Crippen molar-refractivity contribution in [3.8, 4) is 5.88 Å². The Morgan fingerprint density at radius 3 is 2.71 bits per heavy atom. The molecule has 1 aliphatic rings. The van der Waals surface area contributed by atoms with Crippen molar-refractivity contribution in [3.63, 3.8) is 0 Å². The van der Waals surface area contributed by atoms with Crippen molar-refractivity contribution < 1.29 is 9.84 Å². The largest absolute Gasteiger partial charge is 0.481 e. The fourth-order valence-corrected chi connectivity index (χ4v) is 4.91. The Balaban J connectivity index is 0.00000272. The van der Waals surface area contributed by atoms with E-state index in [-0.39, 0.29) is 19.4 Å². The van der Waals surface area contributed by atoms with Gasteiger partial charge < -0.3 is 15.2 Å². The SMILES string of the molecule is C.C=CC1CC(O)(C(c2ccc(Cl)cc2)c2cc3cc(Br)ccc3nc2OC)CCN1. The zero-order valence-electron chi connectivity index (χ0n) is 16.7. The molecule has 2 heterocycles. The molecule has 0 bridgehead atoms. The molecule has 3 aromatic rings. The Kier molecular flexibility index (Phi) is 7.43. The number of halogens is 2. The van der Waals surface area contributed by atoms with Gasteiger partial charge in [-0.25, -0.2) is 4.98 Å². The number of methoxy groups -OCH3 is 1. The molecule has 3 atom stereocenters. The van der Waals surface area contributed by atoms with Crippen LogP contribution in [-0.2, 0) is 0 Å². The first-order valence-electron chi connectivity index (χ1n) is 9.91. The Hall–Kier alpha value is -1.92. The molecule has 1 aromatic heterocycles. The summed E-state index contributed by atoms with van der Waals surface area (Å²) in [6.07, 6.45) is 3.00. The molecule has 1 fully saturated rings. The summed E-state index contributed by atoms with van der Waals surface area (Å²) in [6.45, 7) is 4.62. The summed E-state index contributed by atoms with van der Waals surface area (Å²) in [5.74, 6) is 0.192. The van der Waals surface area contributed by atoms with Crippen LogP contribution in [-0.4, -0.2) is 35.4 Å². The maximum atomic E-state index is 11.9. The molecule has 1 aliphatic heterocycles. The minimum atomic E-state index is -0.993. The maximum absolute atomic E-state index is 11.9. The molecule has 1 saturated heterocycles. The molecule has 0 aliphatic carbocycles. The topological polar surface area (TPSA) is 54.4 Å². The van der Waals surface area contributed by atoms with Crippen LogP contribution in [0.25, 0.3) is 10.9 Å². The highest BCUT2D eigenvalue weighted by molar-refractivity contribution is 9.10. The van der Waals surface area contributed by atoms with E-state index >= 15 is 0 Å². The number of hydrogen-bond donors (Lipinski definition) is 2. The first-order valence-corrected chi connectivity index (χ1v) is 11.1. The van der Waals surface area contributed by atoms with Gasteiger partial charge in [-0.1, -0.05) is 53.2 Å². The summed E-state index contributed by atoms with van der Waals surface area (Å²) in [5, 5.41) is 17.0. The van der Waals surface area contributed by atoms with Crippen molar-refractivity contribution in [2.75, 3.05) is 13.7 Å². The van der Waals surface area contributed by atoms with E-state index in [1.807, 2.05) is 48.5 Å². The molecule has 2 N–H and O–H groups in total. The molecule has 164 valence electrons. The summed E-state index contributed by atoms with van der Waals surface area (Å²) in [4.78, 5) is 4.75. The first kappa shape index (κ1) is 23.7. The van der Waals surface area contributed by atoms with Crippen LogP contribution in [0.5, 0.6) is 5.88 Å². The van der Waals surface area contributed by atoms with Crippen LogP contribution < -0.4 is 10.1 Å². The monoisotopic (exact) mass is 502 g/mol. The Labute approximate surface area is 197 Å². The van der Waals surface area contributed by atoms with Gasteiger partial charge in [-0.2, -0.15) is 0 Å². The number of aliphatic hydroxyl groups is 1. The van der Waals surface area contributed by atoms with E-state index in [2.05, 4.69) is 33.9 Å². The molecule has 0 spiro atoms. The van der Waals surface area contributed by atoms with Crippen LogP contribution in [0, 0.1) is 0 Å². The number of benzene rings is 2. The van der Waals surface area contributed by atoms with E-state index in [1.54, 1.807) is 7.11 Å². The van der Waals surface area contributed by atoms with Gasteiger partial charge >= 0.3 is 0 Å². The van der Waals surface area contributed by atoms with Gasteiger partial charge in [0.1, 0.15) is 0 Å². The van der Waals surface area contributed by atoms with Gasteiger partial charge in [0.05, 0.1) is 18.2 Å². The summed E-state index contributed by atoms with van der Waals surface area (Å²) < 4.78 is 6.68. The van der Waals surface area contributed by atoms with Gasteiger partial charge in [0.2, 0.25) is 5.88 Å². The third-order valence-electron chi connectivity index (χ3n) is 5.84. The standard InChI is InChI=1S/C24H24BrClN2O2.CH4/c1-3-19-14-24(29,10-11-27-19)22(15-4-7-18(26)8-5-15)20-13-16-12-17(25)6-9-21(16)28-23(20)30-2;/h3-9,12-13,19,22,27,29H,1,10-11,14H2,2H3;1H4. The molecule has 0 amide bonds. The zero-order valence-corrected chi connectivity index (χ0v) is 19.1. The highest BCUT2D eigenvalue weighted by Crippen LogP contribution is 2.45. The van der Waals surface area contributed by atoms with Gasteiger partial charge in [-0.15, -0.1) is 6.58 Å². The van der Waals surface area contributed by atoms with Crippen molar-refractivity contribution in [1.29, 1.82) is 0 Å². The predicted molar refractivity (Wildman–Crippen MR) is 132 cm³/mol. The third-order valence-corrected chi connectivity index (χ3v) is 6.58. The van der Waals surface area contributed by atoms with E-state index < -0.39 is 5.60 Å².